The summed E-state index contributed by atoms with van der Waals surface area (Å²) >= 11 is 0. The predicted molar refractivity (Wildman–Crippen MR) is 105 cm³/mol. The Morgan fingerprint density at radius 3 is 2.61 bits per heavy atom. The van der Waals surface area contributed by atoms with Crippen LogP contribution in [0.4, 0.5) is 11.6 Å². The Morgan fingerprint density at radius 2 is 1.89 bits per heavy atom. The summed E-state index contributed by atoms with van der Waals surface area (Å²) in [6, 6.07) is 14.2. The van der Waals surface area contributed by atoms with Crippen LogP contribution in [0.25, 0.3) is 11.0 Å². The van der Waals surface area contributed by atoms with Gasteiger partial charge in [0.15, 0.2) is 0 Å². The highest BCUT2D eigenvalue weighted by Gasteiger charge is 2.21. The van der Waals surface area contributed by atoms with Crippen LogP contribution in [0.15, 0.2) is 48.5 Å². The molecule has 8 nitrogen and oxygen atoms in total. The van der Waals surface area contributed by atoms with Gasteiger partial charge in [-0.2, -0.15) is 0 Å². The van der Waals surface area contributed by atoms with Gasteiger partial charge in [-0.25, -0.2) is 4.98 Å². The molecule has 1 aliphatic heterocycles. The second kappa shape index (κ2) is 7.51. The summed E-state index contributed by atoms with van der Waals surface area (Å²) in [5.74, 6) is -0.315. The number of aromatic nitrogens is 2. The molecule has 0 spiro atoms. The summed E-state index contributed by atoms with van der Waals surface area (Å²) in [6.45, 7) is 0.522. The number of nitrogens with zero attached hydrogens (tertiary/aromatic N) is 2. The van der Waals surface area contributed by atoms with Gasteiger partial charge in [-0.05, 0) is 42.8 Å². The van der Waals surface area contributed by atoms with Gasteiger partial charge in [0.2, 0.25) is 17.8 Å². The molecule has 3 aromatic rings. The smallest absolute Gasteiger partial charge is 0.251 e. The van der Waals surface area contributed by atoms with Crippen LogP contribution >= 0.6 is 0 Å². The number of aromatic amines is 1. The van der Waals surface area contributed by atoms with Crippen molar-refractivity contribution in [3.63, 3.8) is 0 Å². The Morgan fingerprint density at radius 1 is 1.11 bits per heavy atom. The van der Waals surface area contributed by atoms with Crippen LogP contribution in [-0.4, -0.2) is 40.8 Å². The van der Waals surface area contributed by atoms with E-state index in [9.17, 15) is 14.4 Å². The summed E-state index contributed by atoms with van der Waals surface area (Å²) in [5.41, 5.74) is 2.77. The first-order valence-electron chi connectivity index (χ1n) is 9.03. The monoisotopic (exact) mass is 377 g/mol. The number of benzene rings is 2. The van der Waals surface area contributed by atoms with Crippen LogP contribution < -0.4 is 15.5 Å². The number of hydrogen-bond acceptors (Lipinski definition) is 4. The molecule has 2 aromatic carbocycles. The number of amides is 3. The van der Waals surface area contributed by atoms with E-state index in [1.54, 1.807) is 29.2 Å². The Balaban J connectivity index is 1.32. The Bertz CT molecular complexity index is 1010. The van der Waals surface area contributed by atoms with Gasteiger partial charge in [0.25, 0.3) is 5.91 Å². The number of carbonyl (C=O) groups is 3. The summed E-state index contributed by atoms with van der Waals surface area (Å²) in [5, 5.41) is 5.20. The fourth-order valence-corrected chi connectivity index (χ4v) is 3.16. The standard InChI is InChI=1S/C20H19N5O3/c26-17(24-20-22-15-4-1-2-5-16(15)23-20)12-21-19(28)13-7-9-14(10-8-13)25-11-3-6-18(25)27/h1-2,4-5,7-10H,3,6,11-12H2,(H,21,28)(H2,22,23,24,26). The van der Waals surface area contributed by atoms with Gasteiger partial charge in [-0.3, -0.25) is 19.7 Å². The second-order valence-corrected chi connectivity index (χ2v) is 6.53. The van der Waals surface area contributed by atoms with Gasteiger partial charge in [-0.1, -0.05) is 12.1 Å². The first kappa shape index (κ1) is 17.7. The number of H-pyrrole nitrogens is 1. The molecule has 2 heterocycles. The molecule has 1 aliphatic rings. The van der Waals surface area contributed by atoms with Crippen molar-refractivity contribution in [1.29, 1.82) is 0 Å². The van der Waals surface area contributed by atoms with Crippen molar-refractivity contribution < 1.29 is 14.4 Å². The van der Waals surface area contributed by atoms with Gasteiger partial charge >= 0.3 is 0 Å². The number of para-hydroxylation sites is 2. The Labute approximate surface area is 160 Å². The lowest BCUT2D eigenvalue weighted by molar-refractivity contribution is -0.117. The minimum Gasteiger partial charge on any atom is -0.343 e. The molecule has 0 bridgehead atoms. The van der Waals surface area contributed by atoms with Crippen molar-refractivity contribution in [3.8, 4) is 0 Å². The maximum absolute atomic E-state index is 12.2. The lowest BCUT2D eigenvalue weighted by atomic mass is 10.2. The third-order valence-corrected chi connectivity index (χ3v) is 4.57. The van der Waals surface area contributed by atoms with Crippen LogP contribution in [0.2, 0.25) is 0 Å². The molecule has 0 saturated carbocycles. The van der Waals surface area contributed by atoms with E-state index in [-0.39, 0.29) is 24.3 Å². The molecule has 1 saturated heterocycles. The number of rotatable bonds is 5. The summed E-state index contributed by atoms with van der Waals surface area (Å²) in [7, 11) is 0. The fraction of sp³-hybridized carbons (Fsp3) is 0.200. The van der Waals surface area contributed by atoms with E-state index in [4.69, 9.17) is 0 Å². The molecule has 8 heteroatoms. The molecule has 0 aliphatic carbocycles. The summed E-state index contributed by atoms with van der Waals surface area (Å²) < 4.78 is 0. The molecule has 3 amide bonds. The topological polar surface area (TPSA) is 107 Å². The maximum atomic E-state index is 12.2. The zero-order chi connectivity index (χ0) is 19.5. The van der Waals surface area contributed by atoms with E-state index >= 15 is 0 Å². The fourth-order valence-electron chi connectivity index (χ4n) is 3.16. The van der Waals surface area contributed by atoms with Gasteiger partial charge in [0, 0.05) is 24.2 Å². The van der Waals surface area contributed by atoms with E-state index in [1.165, 1.54) is 0 Å². The average Bonchev–Trinajstić information content (AvgIpc) is 3.31. The van der Waals surface area contributed by atoms with Crippen LogP contribution in [0, 0.1) is 0 Å². The summed E-state index contributed by atoms with van der Waals surface area (Å²) in [6.07, 6.45) is 1.41. The highest BCUT2D eigenvalue weighted by molar-refractivity contribution is 6.00. The molecule has 4 rings (SSSR count). The van der Waals surface area contributed by atoms with E-state index in [0.717, 1.165) is 23.1 Å². The molecule has 1 aromatic heterocycles. The van der Waals surface area contributed by atoms with Gasteiger partial charge < -0.3 is 15.2 Å². The minimum atomic E-state index is -0.383. The summed E-state index contributed by atoms with van der Waals surface area (Å²) in [4.78, 5) is 45.0. The number of nitrogens with one attached hydrogen (secondary N) is 3. The highest BCUT2D eigenvalue weighted by atomic mass is 16.2. The molecule has 142 valence electrons. The second-order valence-electron chi connectivity index (χ2n) is 6.53. The average molecular weight is 377 g/mol. The minimum absolute atomic E-state index is 0.0967. The third kappa shape index (κ3) is 3.71. The quantitative estimate of drug-likeness (QED) is 0.632. The van der Waals surface area contributed by atoms with E-state index in [0.29, 0.717) is 24.5 Å². The van der Waals surface area contributed by atoms with Crippen LogP contribution in [0.5, 0.6) is 0 Å². The SMILES string of the molecule is O=C(CNC(=O)c1ccc(N2CCCC2=O)cc1)Nc1nc2ccccc2[nH]1. The molecule has 0 atom stereocenters. The molecule has 3 N–H and O–H groups in total. The Kier molecular flexibility index (Phi) is 4.76. The molecule has 0 radical (unpaired) electrons. The number of imidazole rings is 1. The molecule has 1 fully saturated rings. The van der Waals surface area contributed by atoms with Crippen LogP contribution in [0.1, 0.15) is 23.2 Å². The lowest BCUT2D eigenvalue weighted by Gasteiger charge is -2.15. The lowest BCUT2D eigenvalue weighted by Crippen LogP contribution is -2.33. The Hall–Kier alpha value is -3.68. The number of fused-ring (bicyclic) bond motifs is 1. The molecule has 28 heavy (non-hydrogen) atoms. The van der Waals surface area contributed by atoms with E-state index < -0.39 is 0 Å². The van der Waals surface area contributed by atoms with Crippen molar-refractivity contribution in [1.82, 2.24) is 15.3 Å². The van der Waals surface area contributed by atoms with Gasteiger partial charge in [0.1, 0.15) is 0 Å². The first-order valence-corrected chi connectivity index (χ1v) is 9.03. The van der Waals surface area contributed by atoms with Gasteiger partial charge in [-0.15, -0.1) is 0 Å². The number of carbonyl (C=O) groups excluding carboxylic acids is 3. The first-order chi connectivity index (χ1) is 13.6. The van der Waals surface area contributed by atoms with Gasteiger partial charge in [0.05, 0.1) is 17.6 Å². The van der Waals surface area contributed by atoms with Crippen molar-refractivity contribution >= 4 is 40.4 Å². The molecule has 0 unspecified atom stereocenters. The van der Waals surface area contributed by atoms with Crippen molar-refractivity contribution in [3.05, 3.63) is 54.1 Å². The van der Waals surface area contributed by atoms with Crippen molar-refractivity contribution in [2.45, 2.75) is 12.8 Å². The van der Waals surface area contributed by atoms with Crippen LogP contribution in [-0.2, 0) is 9.59 Å². The number of hydrogen-bond donors (Lipinski definition) is 3. The van der Waals surface area contributed by atoms with Crippen molar-refractivity contribution in [2.75, 3.05) is 23.3 Å². The normalized spacial score (nSPS) is 13.7. The third-order valence-electron chi connectivity index (χ3n) is 4.57. The largest absolute Gasteiger partial charge is 0.343 e. The zero-order valence-electron chi connectivity index (χ0n) is 15.1. The van der Waals surface area contributed by atoms with Crippen LogP contribution in [0.3, 0.4) is 0 Å². The maximum Gasteiger partial charge on any atom is 0.251 e. The zero-order valence-corrected chi connectivity index (χ0v) is 15.1. The van der Waals surface area contributed by atoms with E-state index in [2.05, 4.69) is 20.6 Å². The molecular weight excluding hydrogens is 358 g/mol. The predicted octanol–water partition coefficient (Wildman–Crippen LogP) is 2.06. The van der Waals surface area contributed by atoms with Crippen molar-refractivity contribution in [2.24, 2.45) is 0 Å². The number of anilines is 2. The van der Waals surface area contributed by atoms with E-state index in [1.807, 2.05) is 24.3 Å². The highest BCUT2D eigenvalue weighted by Crippen LogP contribution is 2.21. The molecular formula is C20H19N5O3.